The van der Waals surface area contributed by atoms with Crippen LogP contribution in [0.3, 0.4) is 0 Å². The lowest BCUT2D eigenvalue weighted by Crippen LogP contribution is -2.43. The number of methoxy groups -OCH3 is 1. The van der Waals surface area contributed by atoms with Gasteiger partial charge in [0.2, 0.25) is 23.6 Å². The van der Waals surface area contributed by atoms with Gasteiger partial charge in [-0.25, -0.2) is 0 Å². The van der Waals surface area contributed by atoms with Crippen molar-refractivity contribution in [1.82, 2.24) is 9.80 Å². The number of phenolic OH excluding ortho intramolecular Hbond substituents is 1. The second-order valence-electron chi connectivity index (χ2n) is 11.3. The number of rotatable bonds is 6. The minimum absolute atomic E-state index is 0.0115. The van der Waals surface area contributed by atoms with Gasteiger partial charge in [-0.15, -0.1) is 22.7 Å². The average molecular weight is 715 g/mol. The van der Waals surface area contributed by atoms with Crippen molar-refractivity contribution < 1.29 is 29.0 Å². The third-order valence-electron chi connectivity index (χ3n) is 9.25. The minimum Gasteiger partial charge on any atom is -0.504 e. The number of nitrogens with zero attached hydrogens (tertiary/aromatic N) is 2. The highest BCUT2D eigenvalue weighted by Gasteiger charge is 2.62. The van der Waals surface area contributed by atoms with Crippen LogP contribution in [-0.2, 0) is 32.3 Å². The summed E-state index contributed by atoms with van der Waals surface area (Å²) < 4.78 is 6.03. The third kappa shape index (κ3) is 4.26. The summed E-state index contributed by atoms with van der Waals surface area (Å²) in [7, 11) is 1.48. The van der Waals surface area contributed by atoms with E-state index in [1.807, 2.05) is 69.8 Å². The minimum atomic E-state index is -0.643. The lowest BCUT2D eigenvalue weighted by Gasteiger charge is -2.44. The molecule has 42 heavy (non-hydrogen) atoms. The van der Waals surface area contributed by atoms with Crippen molar-refractivity contribution in [3.8, 4) is 11.5 Å². The maximum Gasteiger partial charge on any atom is 0.234 e. The Kier molecular flexibility index (Phi) is 7.01. The Morgan fingerprint density at radius 1 is 0.881 bits per heavy atom. The fourth-order valence-electron chi connectivity index (χ4n) is 7.45. The van der Waals surface area contributed by atoms with E-state index < -0.39 is 29.6 Å². The molecule has 7 rings (SSSR count). The van der Waals surface area contributed by atoms with Crippen molar-refractivity contribution in [2.75, 3.05) is 7.11 Å². The number of carbonyl (C=O) groups excluding carboxylic acids is 4. The molecule has 4 aliphatic rings. The van der Waals surface area contributed by atoms with E-state index in [-0.39, 0.29) is 54.1 Å². The van der Waals surface area contributed by atoms with Gasteiger partial charge >= 0.3 is 0 Å². The smallest absolute Gasteiger partial charge is 0.234 e. The number of benzene rings is 1. The summed E-state index contributed by atoms with van der Waals surface area (Å²) in [5.41, 5.74) is 1.68. The van der Waals surface area contributed by atoms with Gasteiger partial charge in [-0.05, 0) is 81.9 Å². The van der Waals surface area contributed by atoms with E-state index in [2.05, 4.69) is 0 Å². The lowest BCUT2D eigenvalue weighted by atomic mass is 9.57. The number of allylic oxidation sites excluding steroid dienone is 2. The van der Waals surface area contributed by atoms with E-state index in [1.54, 1.807) is 6.07 Å². The maximum atomic E-state index is 14.1. The molecule has 2 aliphatic carbocycles. The van der Waals surface area contributed by atoms with Crippen molar-refractivity contribution in [1.29, 1.82) is 0 Å². The van der Waals surface area contributed by atoms with Crippen LogP contribution in [0, 0.1) is 33.2 Å². The van der Waals surface area contributed by atoms with Crippen molar-refractivity contribution >= 4 is 68.9 Å². The summed E-state index contributed by atoms with van der Waals surface area (Å²) in [6, 6.07) is 11.2. The van der Waals surface area contributed by atoms with E-state index >= 15 is 0 Å². The number of carbonyl (C=O) groups is 4. The quantitative estimate of drug-likeness (QED) is 0.215. The molecule has 0 spiro atoms. The van der Waals surface area contributed by atoms with E-state index in [9.17, 15) is 24.3 Å². The summed E-state index contributed by atoms with van der Waals surface area (Å²) in [4.78, 5) is 60.2. The Hall–Kier alpha value is -3.03. The highest BCUT2D eigenvalue weighted by Crippen LogP contribution is 2.58. The first kappa shape index (κ1) is 27.8. The van der Waals surface area contributed by atoms with Crippen LogP contribution in [0.15, 0.2) is 58.8 Å². The molecule has 0 unspecified atom stereocenters. The van der Waals surface area contributed by atoms with Gasteiger partial charge in [-0.2, -0.15) is 0 Å². The molecule has 4 heterocycles. The van der Waals surface area contributed by atoms with Crippen LogP contribution in [0.25, 0.3) is 0 Å². The predicted molar refractivity (Wildman–Crippen MR) is 165 cm³/mol. The number of aromatic hydroxyl groups is 1. The first-order valence-electron chi connectivity index (χ1n) is 13.8. The zero-order chi connectivity index (χ0) is 29.3. The van der Waals surface area contributed by atoms with Gasteiger partial charge in [0.05, 0.1) is 47.4 Å². The first-order valence-corrected chi connectivity index (χ1v) is 16.6. The Morgan fingerprint density at radius 2 is 1.50 bits per heavy atom. The molecule has 0 bridgehead atoms. The molecule has 11 heteroatoms. The van der Waals surface area contributed by atoms with Gasteiger partial charge in [0.15, 0.2) is 11.5 Å². The number of fused-ring (bicyclic) bond motifs is 4. The largest absolute Gasteiger partial charge is 0.504 e. The number of thiophene rings is 2. The van der Waals surface area contributed by atoms with Crippen molar-refractivity contribution in [2.24, 2.45) is 29.6 Å². The lowest BCUT2D eigenvalue weighted by molar-refractivity contribution is -0.142. The fourth-order valence-corrected chi connectivity index (χ4v) is 9.46. The molecule has 3 aromatic rings. The molecule has 8 nitrogen and oxygen atoms in total. The molecule has 216 valence electrons. The van der Waals surface area contributed by atoms with Crippen LogP contribution >= 0.6 is 45.3 Å². The highest BCUT2D eigenvalue weighted by molar-refractivity contribution is 14.1. The summed E-state index contributed by atoms with van der Waals surface area (Å²) in [6.45, 7) is 0.465. The molecule has 0 radical (unpaired) electrons. The molecule has 2 aromatic heterocycles. The summed E-state index contributed by atoms with van der Waals surface area (Å²) in [5.74, 6) is -3.67. The van der Waals surface area contributed by atoms with Crippen LogP contribution in [-0.4, -0.2) is 45.6 Å². The van der Waals surface area contributed by atoms with Crippen LogP contribution in [0.5, 0.6) is 11.5 Å². The summed E-state index contributed by atoms with van der Waals surface area (Å²) >= 11 is 5.05. The van der Waals surface area contributed by atoms with E-state index in [0.29, 0.717) is 16.4 Å². The number of amides is 4. The third-order valence-corrected chi connectivity index (χ3v) is 11.8. The predicted octanol–water partition coefficient (Wildman–Crippen LogP) is 5.16. The second-order valence-corrected chi connectivity index (χ2v) is 14.5. The van der Waals surface area contributed by atoms with Gasteiger partial charge < -0.3 is 9.84 Å². The van der Waals surface area contributed by atoms with Crippen molar-refractivity contribution in [2.45, 2.75) is 31.8 Å². The number of ether oxygens (including phenoxy) is 1. The number of imide groups is 2. The monoisotopic (exact) mass is 714 g/mol. The second kappa shape index (κ2) is 10.6. The van der Waals surface area contributed by atoms with E-state index in [4.69, 9.17) is 4.74 Å². The SMILES string of the molecule is COc1cc([C@H]2C3=CC[C@@H]4C(=O)N(Cc5cccs5)C(=O)[C@@H]4[C@@H]3C[C@H]3C(=O)N(Cc4cccs4)C(=O)[C@@H]23)cc(I)c1O. The van der Waals surface area contributed by atoms with Crippen LogP contribution in [0.4, 0.5) is 0 Å². The van der Waals surface area contributed by atoms with Crippen LogP contribution < -0.4 is 4.74 Å². The number of likely N-dealkylation sites (tertiary alicyclic amines) is 2. The zero-order valence-electron chi connectivity index (χ0n) is 22.6. The topological polar surface area (TPSA) is 104 Å². The molecular weight excluding hydrogens is 687 g/mol. The molecule has 1 saturated carbocycles. The van der Waals surface area contributed by atoms with Crippen LogP contribution in [0.2, 0.25) is 0 Å². The van der Waals surface area contributed by atoms with Crippen molar-refractivity contribution in [3.63, 3.8) is 0 Å². The van der Waals surface area contributed by atoms with E-state index in [1.165, 1.54) is 39.6 Å². The Bertz CT molecular complexity index is 1630. The fraction of sp³-hybridized carbons (Fsp3) is 0.355. The summed E-state index contributed by atoms with van der Waals surface area (Å²) in [5, 5.41) is 14.4. The number of hydrogen-bond donors (Lipinski definition) is 1. The van der Waals surface area contributed by atoms with E-state index in [0.717, 1.165) is 20.9 Å². The van der Waals surface area contributed by atoms with Gasteiger partial charge in [0.25, 0.3) is 0 Å². The Labute approximate surface area is 264 Å². The number of phenols is 1. The first-order chi connectivity index (χ1) is 20.3. The van der Waals surface area contributed by atoms with Crippen molar-refractivity contribution in [3.05, 3.63) is 77.7 Å². The maximum absolute atomic E-state index is 14.1. The number of halogens is 1. The molecule has 4 amide bonds. The van der Waals surface area contributed by atoms with Gasteiger partial charge in [0, 0.05) is 15.7 Å². The highest BCUT2D eigenvalue weighted by atomic mass is 127. The van der Waals surface area contributed by atoms with Gasteiger partial charge in [-0.1, -0.05) is 23.8 Å². The van der Waals surface area contributed by atoms with Crippen LogP contribution in [0.1, 0.15) is 34.1 Å². The Balaban J connectivity index is 1.31. The Morgan fingerprint density at radius 3 is 2.10 bits per heavy atom. The zero-order valence-corrected chi connectivity index (χ0v) is 26.4. The average Bonchev–Trinajstić information content (AvgIpc) is 3.78. The van der Waals surface area contributed by atoms with Gasteiger partial charge in [-0.3, -0.25) is 29.0 Å². The standard InChI is InChI=1S/C31H27IN2O6S2/c1-40-23-11-15(10-22(32)27(23)35)24-18-6-7-19-25(30(38)33(28(19)36)13-16-4-2-8-41-16)20(18)12-21-26(24)31(39)34(29(21)37)14-17-5-3-9-42-17/h2-6,8-11,19-21,24-26,35H,7,12-14H2,1H3/t19-,20+,21+,24-,25-,26+/m0/s1. The molecule has 6 atom stereocenters. The summed E-state index contributed by atoms with van der Waals surface area (Å²) in [6.07, 6.45) is 2.79. The molecule has 1 aromatic carbocycles. The molecular formula is C31H27IN2O6S2. The molecule has 3 fully saturated rings. The molecule has 1 N–H and O–H groups in total. The molecule has 2 saturated heterocycles. The number of hydrogen-bond acceptors (Lipinski definition) is 8. The normalized spacial score (nSPS) is 28.6. The van der Waals surface area contributed by atoms with Gasteiger partial charge in [0.1, 0.15) is 0 Å². The molecule has 2 aliphatic heterocycles.